The smallest absolute Gasteiger partial charge is 0.418 e. The number of rotatable bonds is 6. The number of benzene rings is 3. The van der Waals surface area contributed by atoms with Gasteiger partial charge in [0.25, 0.3) is 0 Å². The zero-order chi connectivity index (χ0) is 20.5. The summed E-state index contributed by atoms with van der Waals surface area (Å²) in [6.45, 7) is 3.32. The van der Waals surface area contributed by atoms with Crippen molar-refractivity contribution in [2.75, 3.05) is 6.54 Å². The van der Waals surface area contributed by atoms with E-state index in [1.807, 2.05) is 0 Å². The van der Waals surface area contributed by atoms with E-state index in [9.17, 15) is 17.3 Å². The molecule has 0 aliphatic carbocycles. The van der Waals surface area contributed by atoms with Crippen LogP contribution in [0, 0.1) is 0 Å². The van der Waals surface area contributed by atoms with Gasteiger partial charge in [-0.25, -0.2) is 4.48 Å². The second kappa shape index (κ2) is 10.1. The van der Waals surface area contributed by atoms with Gasteiger partial charge in [-0.05, 0) is 42.8 Å². The Hall–Kier alpha value is -2.60. The van der Waals surface area contributed by atoms with Gasteiger partial charge in [-0.15, -0.1) is 0 Å². The fraction of sp³-hybridized carbons (Fsp3) is 0.182. The Morgan fingerprint density at radius 1 is 0.643 bits per heavy atom. The van der Waals surface area contributed by atoms with Gasteiger partial charge < -0.3 is 17.3 Å². The van der Waals surface area contributed by atoms with Crippen LogP contribution in [0.15, 0.2) is 91.0 Å². The maximum atomic E-state index is 9.75. The summed E-state index contributed by atoms with van der Waals surface area (Å²) in [5.41, 5.74) is 3.95. The van der Waals surface area contributed by atoms with Crippen molar-refractivity contribution in [1.29, 1.82) is 0 Å². The highest BCUT2D eigenvalue weighted by Gasteiger charge is 2.35. The van der Waals surface area contributed by atoms with Crippen LogP contribution < -0.4 is 4.48 Å². The Morgan fingerprint density at radius 3 is 1.18 bits per heavy atom. The van der Waals surface area contributed by atoms with Crippen molar-refractivity contribution in [3.63, 3.8) is 0 Å². The molecule has 0 saturated heterocycles. The fourth-order valence-corrected chi connectivity index (χ4v) is 3.28. The Bertz CT molecular complexity index is 712. The molecule has 0 saturated carbocycles. The van der Waals surface area contributed by atoms with E-state index in [-0.39, 0.29) is 1.43 Å². The van der Waals surface area contributed by atoms with Gasteiger partial charge in [0.05, 0.1) is 6.54 Å². The van der Waals surface area contributed by atoms with Crippen LogP contribution in [0.5, 0.6) is 0 Å². The second-order valence-electron chi connectivity index (χ2n) is 6.39. The number of unbranched alkanes of at least 4 members (excludes halogenated alkanes) is 1. The summed E-state index contributed by atoms with van der Waals surface area (Å²) in [6, 6.07) is 32.6. The van der Waals surface area contributed by atoms with Gasteiger partial charge in [0.1, 0.15) is 17.1 Å². The minimum Gasteiger partial charge on any atom is -0.418 e. The van der Waals surface area contributed by atoms with Crippen LogP contribution >= 0.6 is 0 Å². The minimum atomic E-state index is -6.00. The second-order valence-corrected chi connectivity index (χ2v) is 6.39. The molecule has 1 nitrogen and oxygen atoms in total. The molecular formula is C22H25BF4N+. The highest BCUT2D eigenvalue weighted by molar-refractivity contribution is 6.50. The lowest BCUT2D eigenvalue weighted by Gasteiger charge is -2.37. The summed E-state index contributed by atoms with van der Waals surface area (Å²) in [7, 11) is -6.00. The van der Waals surface area contributed by atoms with E-state index >= 15 is 0 Å². The van der Waals surface area contributed by atoms with E-state index in [0.717, 1.165) is 11.0 Å². The zero-order valence-corrected chi connectivity index (χ0v) is 15.8. The summed E-state index contributed by atoms with van der Waals surface area (Å²) in [4.78, 5) is 0. The highest BCUT2D eigenvalue weighted by Crippen LogP contribution is 2.43. The average Bonchev–Trinajstić information content (AvgIpc) is 2.70. The van der Waals surface area contributed by atoms with E-state index in [2.05, 4.69) is 97.9 Å². The molecule has 0 atom stereocenters. The van der Waals surface area contributed by atoms with Crippen molar-refractivity contribution in [3.05, 3.63) is 91.0 Å². The van der Waals surface area contributed by atoms with E-state index in [4.69, 9.17) is 0 Å². The molecular weight excluding hydrogens is 365 g/mol. The molecule has 0 fully saturated rings. The summed E-state index contributed by atoms with van der Waals surface area (Å²) in [5.74, 6) is 0. The van der Waals surface area contributed by atoms with Gasteiger partial charge in [0.15, 0.2) is 0 Å². The van der Waals surface area contributed by atoms with Crippen molar-refractivity contribution in [2.24, 2.45) is 0 Å². The molecule has 28 heavy (non-hydrogen) atoms. The van der Waals surface area contributed by atoms with E-state index in [1.54, 1.807) is 0 Å². The summed E-state index contributed by atoms with van der Waals surface area (Å²) in [5, 5.41) is 0. The Balaban J connectivity index is 0.000000628. The molecule has 0 aliphatic heterocycles. The molecule has 3 aromatic carbocycles. The van der Waals surface area contributed by atoms with Gasteiger partial charge in [-0.3, -0.25) is 0 Å². The predicted octanol–water partition coefficient (Wildman–Crippen LogP) is 7.87. The molecule has 0 N–H and O–H groups in total. The van der Waals surface area contributed by atoms with Crippen LogP contribution in [0.25, 0.3) is 0 Å². The van der Waals surface area contributed by atoms with Gasteiger partial charge in [-0.2, -0.15) is 0 Å². The monoisotopic (exact) mass is 390 g/mol. The third kappa shape index (κ3) is 5.96. The largest absolute Gasteiger partial charge is 1.00 e. The molecule has 0 bridgehead atoms. The first-order valence-corrected chi connectivity index (χ1v) is 9.30. The fourth-order valence-electron chi connectivity index (χ4n) is 3.28. The highest BCUT2D eigenvalue weighted by atomic mass is 19.5. The summed E-state index contributed by atoms with van der Waals surface area (Å²) < 4.78 is 39.8. The summed E-state index contributed by atoms with van der Waals surface area (Å²) in [6.07, 6.45) is 2.37. The van der Waals surface area contributed by atoms with Crippen LogP contribution in [0.2, 0.25) is 0 Å². The molecule has 0 amide bonds. The van der Waals surface area contributed by atoms with Crippen molar-refractivity contribution < 1.29 is 18.7 Å². The molecule has 0 aromatic heterocycles. The molecule has 0 radical (unpaired) electrons. The number of para-hydroxylation sites is 3. The molecule has 3 aromatic rings. The van der Waals surface area contributed by atoms with Crippen molar-refractivity contribution in [2.45, 2.75) is 19.8 Å². The first kappa shape index (κ1) is 21.7. The van der Waals surface area contributed by atoms with Gasteiger partial charge in [-0.1, -0.05) is 67.9 Å². The standard InChI is InChI=1S/C22H24N.BF4/c1-2-3-19-23(20-13-7-4-8-14-20,21-15-9-5-10-16-21)22-17-11-6-12-18-22;2-1(3,4)5/h4-18H,2-3,19H2,1H3;/q+1;-1/p+1. The Kier molecular flexibility index (Phi) is 7.82. The quantitative estimate of drug-likeness (QED) is 0.228. The molecule has 0 unspecified atom stereocenters. The Labute approximate surface area is 165 Å². The lowest BCUT2D eigenvalue weighted by atomic mass is 10.1. The zero-order valence-electron chi connectivity index (χ0n) is 16.8. The maximum absolute atomic E-state index is 9.75. The van der Waals surface area contributed by atoms with Crippen LogP contribution in [0.3, 0.4) is 0 Å². The molecule has 148 valence electrons. The third-order valence-corrected chi connectivity index (χ3v) is 4.44. The lowest BCUT2D eigenvalue weighted by molar-refractivity contribution is 0.368. The van der Waals surface area contributed by atoms with Crippen LogP contribution in [0.4, 0.5) is 34.3 Å². The van der Waals surface area contributed by atoms with Crippen LogP contribution in [0.1, 0.15) is 21.2 Å². The number of hydrogen-bond donors (Lipinski definition) is 0. The first-order chi connectivity index (χ1) is 13.4. The first-order valence-electron chi connectivity index (χ1n) is 9.30. The van der Waals surface area contributed by atoms with Crippen LogP contribution in [-0.2, 0) is 0 Å². The van der Waals surface area contributed by atoms with E-state index < -0.39 is 7.25 Å². The van der Waals surface area contributed by atoms with E-state index in [1.165, 1.54) is 29.9 Å². The molecule has 0 heterocycles. The van der Waals surface area contributed by atoms with Gasteiger partial charge in [0.2, 0.25) is 0 Å². The minimum absolute atomic E-state index is 0. The summed E-state index contributed by atoms with van der Waals surface area (Å²) >= 11 is 0. The number of hydrogen-bond acceptors (Lipinski definition) is 0. The molecule has 6 heteroatoms. The number of halogens is 4. The number of nitrogens with zero attached hydrogens (tertiary/aromatic N) is 1. The topological polar surface area (TPSA) is 0 Å². The molecule has 3 rings (SSSR count). The van der Waals surface area contributed by atoms with Crippen molar-refractivity contribution in [1.82, 2.24) is 4.48 Å². The van der Waals surface area contributed by atoms with Crippen molar-refractivity contribution >= 4 is 24.3 Å². The van der Waals surface area contributed by atoms with Gasteiger partial charge >= 0.3 is 8.68 Å². The SMILES string of the molecule is CCCC[N+](c1ccccc1)(c1ccccc1)c1ccccc1.F[B-](F)(F)F.[H+]. The third-order valence-electron chi connectivity index (χ3n) is 4.44. The average molecular weight is 390 g/mol. The van der Waals surface area contributed by atoms with Crippen LogP contribution in [-0.4, -0.2) is 13.8 Å². The Morgan fingerprint density at radius 2 is 0.929 bits per heavy atom. The van der Waals surface area contributed by atoms with E-state index in [0.29, 0.717) is 0 Å². The number of quaternary nitrogens is 1. The normalized spacial score (nSPS) is 11.5. The van der Waals surface area contributed by atoms with Gasteiger partial charge in [0, 0.05) is 0 Å². The lowest BCUT2D eigenvalue weighted by Crippen LogP contribution is -2.39. The predicted molar refractivity (Wildman–Crippen MR) is 112 cm³/mol. The maximum Gasteiger partial charge on any atom is 1.00 e. The molecule has 0 spiro atoms. The molecule has 0 aliphatic rings. The van der Waals surface area contributed by atoms with Crippen molar-refractivity contribution in [3.8, 4) is 0 Å².